The molecule has 0 bridgehead atoms. The third-order valence-electron chi connectivity index (χ3n) is 3.62. The third kappa shape index (κ3) is 4.78. The largest absolute Gasteiger partial charge is 0.369 e. The molecular formula is C19H21N5. The molecule has 0 amide bonds. The number of hydrogen-bond acceptors (Lipinski definition) is 5. The van der Waals surface area contributed by atoms with Crippen molar-refractivity contribution in [3.8, 4) is 0 Å². The summed E-state index contributed by atoms with van der Waals surface area (Å²) < 4.78 is 0. The maximum absolute atomic E-state index is 4.45. The minimum absolute atomic E-state index is 0.494. The molecule has 0 aliphatic rings. The molecule has 5 heteroatoms. The molecule has 0 fully saturated rings. The monoisotopic (exact) mass is 319 g/mol. The van der Waals surface area contributed by atoms with Gasteiger partial charge in [-0.2, -0.15) is 10.1 Å². The topological polar surface area (TPSA) is 62.7 Å². The molecule has 24 heavy (non-hydrogen) atoms. The van der Waals surface area contributed by atoms with Crippen molar-refractivity contribution in [1.29, 1.82) is 0 Å². The van der Waals surface area contributed by atoms with E-state index in [1.165, 1.54) is 11.1 Å². The first-order chi connectivity index (χ1) is 11.8. The summed E-state index contributed by atoms with van der Waals surface area (Å²) in [6, 6.07) is 18.6. The van der Waals surface area contributed by atoms with Crippen LogP contribution in [0.1, 0.15) is 17.5 Å². The first kappa shape index (κ1) is 15.9. The van der Waals surface area contributed by atoms with Crippen LogP contribution in [-0.2, 0) is 6.42 Å². The van der Waals surface area contributed by atoms with E-state index < -0.39 is 0 Å². The van der Waals surface area contributed by atoms with Gasteiger partial charge in [-0.1, -0.05) is 42.5 Å². The Hall–Kier alpha value is -2.95. The SMILES string of the molecule is Cc1cccc(Nc2nncc(NCCCc3ccccc3)n2)c1. The molecule has 2 N–H and O–H groups in total. The molecule has 0 unspecified atom stereocenters. The summed E-state index contributed by atoms with van der Waals surface area (Å²) in [5.41, 5.74) is 3.49. The second kappa shape index (κ2) is 8.06. The first-order valence-corrected chi connectivity index (χ1v) is 8.11. The van der Waals surface area contributed by atoms with Gasteiger partial charge in [0.05, 0.1) is 6.20 Å². The standard InChI is InChI=1S/C19H21N5/c1-15-7-5-11-17(13-15)22-19-23-18(14-21-24-19)20-12-6-10-16-8-3-2-4-9-16/h2-5,7-9,11,13-14H,6,10,12H2,1H3,(H2,20,22,23,24). The van der Waals surface area contributed by atoms with Crippen LogP contribution in [0.2, 0.25) is 0 Å². The molecule has 0 atom stereocenters. The van der Waals surface area contributed by atoms with Gasteiger partial charge >= 0.3 is 0 Å². The van der Waals surface area contributed by atoms with Gasteiger partial charge in [-0.05, 0) is 43.0 Å². The summed E-state index contributed by atoms with van der Waals surface area (Å²) in [5.74, 6) is 1.22. The highest BCUT2D eigenvalue weighted by Gasteiger charge is 2.01. The number of nitrogens with zero attached hydrogens (tertiary/aromatic N) is 3. The van der Waals surface area contributed by atoms with Gasteiger partial charge in [-0.25, -0.2) is 0 Å². The normalized spacial score (nSPS) is 10.4. The van der Waals surface area contributed by atoms with E-state index in [1.807, 2.05) is 24.3 Å². The van der Waals surface area contributed by atoms with Crippen LogP contribution in [0.25, 0.3) is 0 Å². The molecule has 0 spiro atoms. The summed E-state index contributed by atoms with van der Waals surface area (Å²) in [6.45, 7) is 2.90. The molecule has 0 radical (unpaired) electrons. The Bertz CT molecular complexity index is 773. The number of rotatable bonds is 7. The molecule has 1 heterocycles. The predicted octanol–water partition coefficient (Wildman–Crippen LogP) is 3.97. The molecule has 0 saturated carbocycles. The van der Waals surface area contributed by atoms with Crippen molar-refractivity contribution in [3.05, 3.63) is 71.9 Å². The van der Waals surface area contributed by atoms with E-state index in [2.05, 4.69) is 63.1 Å². The van der Waals surface area contributed by atoms with Crippen LogP contribution in [-0.4, -0.2) is 21.7 Å². The van der Waals surface area contributed by atoms with Crippen LogP contribution in [0.4, 0.5) is 17.5 Å². The predicted molar refractivity (Wildman–Crippen MR) is 97.5 cm³/mol. The Morgan fingerprint density at radius 1 is 1.00 bits per heavy atom. The van der Waals surface area contributed by atoms with Crippen molar-refractivity contribution in [2.75, 3.05) is 17.2 Å². The molecule has 5 nitrogen and oxygen atoms in total. The van der Waals surface area contributed by atoms with Gasteiger partial charge in [0.25, 0.3) is 0 Å². The Morgan fingerprint density at radius 2 is 1.88 bits per heavy atom. The van der Waals surface area contributed by atoms with Crippen LogP contribution in [0.5, 0.6) is 0 Å². The first-order valence-electron chi connectivity index (χ1n) is 8.11. The summed E-state index contributed by atoms with van der Waals surface area (Å²) in [5, 5.41) is 14.5. The van der Waals surface area contributed by atoms with Gasteiger partial charge in [0.2, 0.25) is 5.95 Å². The lowest BCUT2D eigenvalue weighted by Gasteiger charge is -2.08. The minimum Gasteiger partial charge on any atom is -0.369 e. The van der Waals surface area contributed by atoms with Gasteiger partial charge in [0, 0.05) is 12.2 Å². The number of hydrogen-bond donors (Lipinski definition) is 2. The van der Waals surface area contributed by atoms with Crippen LogP contribution < -0.4 is 10.6 Å². The van der Waals surface area contributed by atoms with Crippen molar-refractivity contribution >= 4 is 17.5 Å². The number of aromatic nitrogens is 3. The van der Waals surface area contributed by atoms with Crippen LogP contribution in [0.15, 0.2) is 60.8 Å². The number of benzene rings is 2. The fraction of sp³-hybridized carbons (Fsp3) is 0.211. The molecule has 122 valence electrons. The average Bonchev–Trinajstić information content (AvgIpc) is 2.60. The Balaban J connectivity index is 1.51. The van der Waals surface area contributed by atoms with E-state index >= 15 is 0 Å². The van der Waals surface area contributed by atoms with E-state index in [-0.39, 0.29) is 0 Å². The molecule has 2 aromatic carbocycles. The number of aryl methyl sites for hydroxylation is 2. The van der Waals surface area contributed by atoms with Gasteiger partial charge in [0.1, 0.15) is 0 Å². The highest BCUT2D eigenvalue weighted by Crippen LogP contribution is 2.14. The maximum Gasteiger partial charge on any atom is 0.249 e. The van der Waals surface area contributed by atoms with E-state index in [0.717, 1.165) is 30.9 Å². The van der Waals surface area contributed by atoms with E-state index in [9.17, 15) is 0 Å². The zero-order chi connectivity index (χ0) is 16.6. The fourth-order valence-corrected chi connectivity index (χ4v) is 2.45. The van der Waals surface area contributed by atoms with Crippen molar-refractivity contribution < 1.29 is 0 Å². The summed E-state index contributed by atoms with van der Waals surface area (Å²) in [4.78, 5) is 4.45. The molecular weight excluding hydrogens is 298 g/mol. The Labute approximate surface area is 142 Å². The molecule has 0 aliphatic heterocycles. The van der Waals surface area contributed by atoms with Gasteiger partial charge in [-0.3, -0.25) is 0 Å². The highest BCUT2D eigenvalue weighted by atomic mass is 15.3. The van der Waals surface area contributed by atoms with E-state index in [0.29, 0.717) is 5.95 Å². The van der Waals surface area contributed by atoms with Crippen molar-refractivity contribution in [2.24, 2.45) is 0 Å². The smallest absolute Gasteiger partial charge is 0.249 e. The second-order valence-electron chi connectivity index (χ2n) is 5.68. The maximum atomic E-state index is 4.45. The van der Waals surface area contributed by atoms with Crippen molar-refractivity contribution in [3.63, 3.8) is 0 Å². The molecule has 0 saturated heterocycles. The Morgan fingerprint density at radius 3 is 2.71 bits per heavy atom. The van der Waals surface area contributed by atoms with Crippen molar-refractivity contribution in [1.82, 2.24) is 15.2 Å². The van der Waals surface area contributed by atoms with Crippen molar-refractivity contribution in [2.45, 2.75) is 19.8 Å². The highest BCUT2D eigenvalue weighted by molar-refractivity contribution is 5.54. The molecule has 3 aromatic rings. The quantitative estimate of drug-likeness (QED) is 0.645. The van der Waals surface area contributed by atoms with Crippen LogP contribution in [0, 0.1) is 6.92 Å². The van der Waals surface area contributed by atoms with E-state index in [4.69, 9.17) is 0 Å². The van der Waals surface area contributed by atoms with Crippen LogP contribution in [0.3, 0.4) is 0 Å². The van der Waals surface area contributed by atoms with Gasteiger partial charge in [-0.15, -0.1) is 5.10 Å². The number of anilines is 3. The molecule has 1 aromatic heterocycles. The number of nitrogens with one attached hydrogen (secondary N) is 2. The Kier molecular flexibility index (Phi) is 5.35. The lowest BCUT2D eigenvalue weighted by molar-refractivity contribution is 0.853. The second-order valence-corrected chi connectivity index (χ2v) is 5.68. The van der Waals surface area contributed by atoms with Gasteiger partial charge < -0.3 is 10.6 Å². The van der Waals surface area contributed by atoms with Crippen LogP contribution >= 0.6 is 0 Å². The fourth-order valence-electron chi connectivity index (χ4n) is 2.45. The average molecular weight is 319 g/mol. The summed E-state index contributed by atoms with van der Waals surface area (Å²) in [6.07, 6.45) is 3.72. The zero-order valence-corrected chi connectivity index (χ0v) is 13.7. The zero-order valence-electron chi connectivity index (χ0n) is 13.7. The minimum atomic E-state index is 0.494. The molecule has 0 aliphatic carbocycles. The lowest BCUT2D eigenvalue weighted by atomic mass is 10.1. The van der Waals surface area contributed by atoms with E-state index in [1.54, 1.807) is 6.20 Å². The lowest BCUT2D eigenvalue weighted by Crippen LogP contribution is -2.07. The summed E-state index contributed by atoms with van der Waals surface area (Å²) in [7, 11) is 0. The third-order valence-corrected chi connectivity index (χ3v) is 3.62. The van der Waals surface area contributed by atoms with Gasteiger partial charge in [0.15, 0.2) is 5.82 Å². The molecule has 3 rings (SSSR count). The summed E-state index contributed by atoms with van der Waals surface area (Å²) >= 11 is 0.